The number of ether oxygens (including phenoxy) is 1. The van der Waals surface area contributed by atoms with Crippen molar-refractivity contribution in [3.05, 3.63) is 18.0 Å². The zero-order chi connectivity index (χ0) is 14.3. The first-order chi connectivity index (χ1) is 8.95. The highest BCUT2D eigenvalue weighted by Gasteiger charge is 2.15. The van der Waals surface area contributed by atoms with E-state index >= 15 is 0 Å². The third kappa shape index (κ3) is 5.63. The Morgan fingerprint density at radius 2 is 2.21 bits per heavy atom. The highest BCUT2D eigenvalue weighted by atomic mass is 35.7. The van der Waals surface area contributed by atoms with E-state index in [0.717, 1.165) is 12.8 Å². The fourth-order valence-electron chi connectivity index (χ4n) is 1.33. The summed E-state index contributed by atoms with van der Waals surface area (Å²) in [4.78, 5) is 14.1. The summed E-state index contributed by atoms with van der Waals surface area (Å²) in [5.74, 6) is -0.398. The van der Waals surface area contributed by atoms with Gasteiger partial charge in [0.2, 0.25) is 0 Å². The van der Waals surface area contributed by atoms with Gasteiger partial charge in [0.05, 0.1) is 6.61 Å². The molecule has 0 aromatic carbocycles. The van der Waals surface area contributed by atoms with Gasteiger partial charge in [0.25, 0.3) is 15.0 Å². The van der Waals surface area contributed by atoms with Crippen LogP contribution in [0.4, 0.5) is 0 Å². The molecule has 1 heterocycles. The summed E-state index contributed by atoms with van der Waals surface area (Å²) in [7, 11) is 1.34. The minimum atomic E-state index is -3.81. The van der Waals surface area contributed by atoms with E-state index in [-0.39, 0.29) is 10.6 Å². The fraction of sp³-hybridized carbons (Fsp3) is 0.545. The van der Waals surface area contributed by atoms with E-state index in [1.54, 1.807) is 0 Å². The van der Waals surface area contributed by atoms with Crippen LogP contribution in [0.15, 0.2) is 17.2 Å². The maximum Gasteiger partial charge on any atom is 0.267 e. The highest BCUT2D eigenvalue weighted by molar-refractivity contribution is 8.13. The number of nitrogens with one attached hydrogen (secondary N) is 2. The lowest BCUT2D eigenvalue weighted by molar-refractivity contribution is 0.0908. The lowest BCUT2D eigenvalue weighted by atomic mass is 10.4. The summed E-state index contributed by atoms with van der Waals surface area (Å²) >= 11 is 0. The zero-order valence-corrected chi connectivity index (χ0v) is 12.2. The Bertz CT molecular complexity index is 513. The predicted octanol–water partition coefficient (Wildman–Crippen LogP) is 1.49. The molecular formula is C11H17ClN2O4S. The number of H-pyrrole nitrogens is 1. The van der Waals surface area contributed by atoms with E-state index in [0.29, 0.717) is 19.8 Å². The largest absolute Gasteiger partial charge is 0.380 e. The summed E-state index contributed by atoms with van der Waals surface area (Å²) in [5, 5.41) is 2.61. The molecule has 6 nitrogen and oxygen atoms in total. The summed E-state index contributed by atoms with van der Waals surface area (Å²) < 4.78 is 27.3. The predicted molar refractivity (Wildman–Crippen MR) is 71.9 cm³/mol. The van der Waals surface area contributed by atoms with Crippen LogP contribution in [0.3, 0.4) is 0 Å². The molecule has 1 rings (SSSR count). The maximum absolute atomic E-state index is 11.6. The van der Waals surface area contributed by atoms with Gasteiger partial charge in [-0.3, -0.25) is 4.79 Å². The van der Waals surface area contributed by atoms with Gasteiger partial charge in [0.1, 0.15) is 10.6 Å². The van der Waals surface area contributed by atoms with Crippen molar-refractivity contribution in [1.29, 1.82) is 0 Å². The first-order valence-corrected chi connectivity index (χ1v) is 8.25. The molecule has 19 heavy (non-hydrogen) atoms. The summed E-state index contributed by atoms with van der Waals surface area (Å²) in [6.45, 7) is 3.53. The van der Waals surface area contributed by atoms with Gasteiger partial charge >= 0.3 is 0 Å². The number of aromatic amines is 1. The Balaban J connectivity index is 2.36. The van der Waals surface area contributed by atoms with Crippen molar-refractivity contribution in [2.45, 2.75) is 24.7 Å². The molecule has 0 aliphatic carbocycles. The third-order valence-electron chi connectivity index (χ3n) is 2.36. The van der Waals surface area contributed by atoms with Gasteiger partial charge in [-0.25, -0.2) is 8.42 Å². The molecule has 1 aromatic rings. The molecule has 0 spiro atoms. The average molecular weight is 309 g/mol. The Morgan fingerprint density at radius 1 is 1.47 bits per heavy atom. The van der Waals surface area contributed by atoms with Crippen molar-refractivity contribution in [1.82, 2.24) is 10.3 Å². The lowest BCUT2D eigenvalue weighted by Gasteiger charge is -2.04. The van der Waals surface area contributed by atoms with Crippen LogP contribution in [0, 0.1) is 0 Å². The topological polar surface area (TPSA) is 88.3 Å². The van der Waals surface area contributed by atoms with Crippen molar-refractivity contribution >= 4 is 25.6 Å². The van der Waals surface area contributed by atoms with Crippen LogP contribution in [-0.4, -0.2) is 39.1 Å². The number of hydrogen-bond acceptors (Lipinski definition) is 4. The van der Waals surface area contributed by atoms with Gasteiger partial charge in [-0.1, -0.05) is 13.3 Å². The second kappa shape index (κ2) is 7.52. The molecule has 1 amide bonds. The Morgan fingerprint density at radius 3 is 2.79 bits per heavy atom. The number of carbonyl (C=O) groups excluding carboxylic acids is 1. The number of aromatic nitrogens is 1. The Hall–Kier alpha value is -1.05. The van der Waals surface area contributed by atoms with Crippen LogP contribution in [0.25, 0.3) is 0 Å². The van der Waals surface area contributed by atoms with Gasteiger partial charge in [0, 0.05) is 30.0 Å². The van der Waals surface area contributed by atoms with Crippen molar-refractivity contribution < 1.29 is 17.9 Å². The van der Waals surface area contributed by atoms with Crippen LogP contribution in [-0.2, 0) is 13.8 Å². The molecule has 1 aromatic heterocycles. The van der Waals surface area contributed by atoms with E-state index in [2.05, 4.69) is 17.2 Å². The first kappa shape index (κ1) is 16.0. The van der Waals surface area contributed by atoms with Crippen molar-refractivity contribution in [2.24, 2.45) is 0 Å². The molecule has 108 valence electrons. The number of rotatable bonds is 8. The highest BCUT2D eigenvalue weighted by Crippen LogP contribution is 2.15. The van der Waals surface area contributed by atoms with E-state index in [1.165, 1.54) is 12.3 Å². The zero-order valence-electron chi connectivity index (χ0n) is 10.6. The van der Waals surface area contributed by atoms with Gasteiger partial charge in [0.15, 0.2) is 0 Å². The van der Waals surface area contributed by atoms with Crippen LogP contribution in [0.5, 0.6) is 0 Å². The summed E-state index contributed by atoms with van der Waals surface area (Å²) in [6.07, 6.45) is 3.22. The Kier molecular flexibility index (Phi) is 6.33. The molecule has 0 atom stereocenters. The molecule has 0 radical (unpaired) electrons. The fourth-order valence-corrected chi connectivity index (χ4v) is 2.05. The molecule has 0 unspecified atom stereocenters. The van der Waals surface area contributed by atoms with Crippen LogP contribution < -0.4 is 5.32 Å². The van der Waals surface area contributed by atoms with Crippen LogP contribution in [0.1, 0.15) is 30.3 Å². The molecule has 0 fully saturated rings. The summed E-state index contributed by atoms with van der Waals surface area (Å²) in [5.41, 5.74) is 0.146. The minimum absolute atomic E-state index is 0.126. The second-order valence-corrected chi connectivity index (χ2v) is 6.47. The van der Waals surface area contributed by atoms with Gasteiger partial charge in [-0.05, 0) is 12.5 Å². The smallest absolute Gasteiger partial charge is 0.267 e. The minimum Gasteiger partial charge on any atom is -0.380 e. The molecule has 2 N–H and O–H groups in total. The van der Waals surface area contributed by atoms with Crippen LogP contribution >= 0.6 is 10.7 Å². The normalized spacial score (nSPS) is 11.5. The van der Waals surface area contributed by atoms with E-state index in [4.69, 9.17) is 15.4 Å². The van der Waals surface area contributed by atoms with E-state index < -0.39 is 15.0 Å². The second-order valence-electron chi connectivity index (χ2n) is 3.91. The molecule has 0 bridgehead atoms. The van der Waals surface area contributed by atoms with Crippen LogP contribution in [0.2, 0.25) is 0 Å². The molecule has 0 saturated heterocycles. The summed E-state index contributed by atoms with van der Waals surface area (Å²) in [6, 6.07) is 1.19. The lowest BCUT2D eigenvalue weighted by Crippen LogP contribution is -2.27. The average Bonchev–Trinajstić information content (AvgIpc) is 2.82. The Labute approximate surface area is 116 Å². The number of halogens is 1. The number of unbranched alkanes of at least 4 members (excludes halogenated alkanes) is 1. The molecular weight excluding hydrogens is 292 g/mol. The van der Waals surface area contributed by atoms with Crippen molar-refractivity contribution in [3.8, 4) is 0 Å². The van der Waals surface area contributed by atoms with Crippen molar-refractivity contribution in [2.75, 3.05) is 19.8 Å². The third-order valence-corrected chi connectivity index (χ3v) is 3.69. The standard InChI is InChI=1S/C11H17ClN2O4S/c1-2-3-5-18-6-4-13-11(15)10-7-9(8-14-10)19(12,16)17/h7-8,14H,2-6H2,1H3,(H,13,15). The molecule has 0 aliphatic heterocycles. The number of hydrogen-bond donors (Lipinski definition) is 2. The SMILES string of the molecule is CCCCOCCNC(=O)c1cc(S(=O)(=O)Cl)c[nH]1. The van der Waals surface area contributed by atoms with Crippen molar-refractivity contribution in [3.63, 3.8) is 0 Å². The monoisotopic (exact) mass is 308 g/mol. The van der Waals surface area contributed by atoms with E-state index in [1.807, 2.05) is 0 Å². The molecule has 8 heteroatoms. The number of carbonyl (C=O) groups is 1. The van der Waals surface area contributed by atoms with Gasteiger partial charge in [-0.15, -0.1) is 0 Å². The maximum atomic E-state index is 11.6. The van der Waals surface area contributed by atoms with Gasteiger partial charge < -0.3 is 15.0 Å². The number of amides is 1. The molecule has 0 aliphatic rings. The first-order valence-electron chi connectivity index (χ1n) is 5.94. The molecule has 0 saturated carbocycles. The van der Waals surface area contributed by atoms with E-state index in [9.17, 15) is 13.2 Å². The van der Waals surface area contributed by atoms with Gasteiger partial charge in [-0.2, -0.15) is 0 Å². The quantitative estimate of drug-likeness (QED) is 0.562.